The first-order valence-corrected chi connectivity index (χ1v) is 8.61. The van der Waals surface area contributed by atoms with Gasteiger partial charge in [-0.2, -0.15) is 5.26 Å². The zero-order valence-electron chi connectivity index (χ0n) is 12.5. The molecule has 0 bridgehead atoms. The summed E-state index contributed by atoms with van der Waals surface area (Å²) in [6.45, 7) is 0. The van der Waals surface area contributed by atoms with E-state index in [1.165, 1.54) is 32.1 Å². The van der Waals surface area contributed by atoms with Gasteiger partial charge in [0.05, 0.1) is 11.6 Å². The molecule has 2 nitrogen and oxygen atoms in total. The number of aromatic nitrogens is 1. The Morgan fingerprint density at radius 3 is 2.55 bits per heavy atom. The van der Waals surface area contributed by atoms with Gasteiger partial charge in [0.25, 0.3) is 0 Å². The normalized spacial score (nSPS) is 16.5. The van der Waals surface area contributed by atoms with Crippen molar-refractivity contribution >= 4 is 27.6 Å². The smallest absolute Gasteiger partial charge is 0.0998 e. The average molecular weight is 355 g/mol. The van der Waals surface area contributed by atoms with E-state index in [4.69, 9.17) is 0 Å². The van der Waals surface area contributed by atoms with E-state index in [2.05, 4.69) is 45.0 Å². The van der Waals surface area contributed by atoms with Crippen molar-refractivity contribution in [1.82, 2.24) is 4.57 Å². The molecule has 1 aromatic heterocycles. The van der Waals surface area contributed by atoms with Crippen molar-refractivity contribution in [3.63, 3.8) is 0 Å². The van der Waals surface area contributed by atoms with Crippen LogP contribution in [0.25, 0.3) is 11.6 Å². The molecule has 112 valence electrons. The van der Waals surface area contributed by atoms with Gasteiger partial charge in [0.15, 0.2) is 0 Å². The second-order valence-corrected chi connectivity index (χ2v) is 6.78. The molecular weight excluding hydrogens is 336 g/mol. The molecule has 22 heavy (non-hydrogen) atoms. The Bertz CT molecular complexity index is 698. The molecule has 0 saturated heterocycles. The van der Waals surface area contributed by atoms with E-state index in [1.807, 2.05) is 30.3 Å². The van der Waals surface area contributed by atoms with Gasteiger partial charge in [0.2, 0.25) is 0 Å². The van der Waals surface area contributed by atoms with Crippen LogP contribution in [-0.4, -0.2) is 4.57 Å². The number of nitriles is 1. The molecule has 3 heteroatoms. The van der Waals surface area contributed by atoms with Crippen molar-refractivity contribution in [2.24, 2.45) is 0 Å². The summed E-state index contributed by atoms with van der Waals surface area (Å²) in [6.07, 6.45) is 12.9. The first-order valence-electron chi connectivity index (χ1n) is 7.81. The van der Waals surface area contributed by atoms with E-state index in [9.17, 15) is 5.26 Å². The second kappa shape index (κ2) is 6.98. The van der Waals surface area contributed by atoms with Crippen LogP contribution >= 0.6 is 15.9 Å². The van der Waals surface area contributed by atoms with E-state index in [-0.39, 0.29) is 0 Å². The molecule has 1 heterocycles. The monoisotopic (exact) mass is 354 g/mol. The third-order valence-electron chi connectivity index (χ3n) is 4.32. The summed E-state index contributed by atoms with van der Waals surface area (Å²) in [5.74, 6) is 0. The SMILES string of the molecule is N#C/C(=C\c1ccn(C2CCCCC2)c1)c1ccc(Br)cc1. The first kappa shape index (κ1) is 15.1. The molecule has 1 fully saturated rings. The zero-order valence-corrected chi connectivity index (χ0v) is 14.1. The highest BCUT2D eigenvalue weighted by Gasteiger charge is 2.14. The fourth-order valence-electron chi connectivity index (χ4n) is 3.10. The largest absolute Gasteiger partial charge is 0.351 e. The highest BCUT2D eigenvalue weighted by atomic mass is 79.9. The molecule has 1 aliphatic carbocycles. The number of benzene rings is 1. The molecule has 1 aromatic carbocycles. The summed E-state index contributed by atoms with van der Waals surface area (Å²) < 4.78 is 3.35. The van der Waals surface area contributed by atoms with Crippen LogP contribution in [0.3, 0.4) is 0 Å². The quantitative estimate of drug-likeness (QED) is 0.638. The minimum absolute atomic E-state index is 0.633. The topological polar surface area (TPSA) is 28.7 Å². The molecule has 0 amide bonds. The van der Waals surface area contributed by atoms with E-state index < -0.39 is 0 Å². The van der Waals surface area contributed by atoms with Crippen molar-refractivity contribution in [2.75, 3.05) is 0 Å². The molecule has 0 N–H and O–H groups in total. The van der Waals surface area contributed by atoms with Crippen LogP contribution in [-0.2, 0) is 0 Å². The lowest BCUT2D eigenvalue weighted by molar-refractivity contribution is 0.354. The summed E-state index contributed by atoms with van der Waals surface area (Å²) in [5.41, 5.74) is 2.76. The van der Waals surface area contributed by atoms with Gasteiger partial charge in [-0.15, -0.1) is 0 Å². The molecular formula is C19H19BrN2. The fourth-order valence-corrected chi connectivity index (χ4v) is 3.36. The predicted molar refractivity (Wildman–Crippen MR) is 94.2 cm³/mol. The number of allylic oxidation sites excluding steroid dienone is 1. The van der Waals surface area contributed by atoms with Crippen LogP contribution in [0, 0.1) is 11.3 Å². The maximum absolute atomic E-state index is 9.43. The Kier molecular flexibility index (Phi) is 4.80. The average Bonchev–Trinajstić information content (AvgIpc) is 3.03. The van der Waals surface area contributed by atoms with Crippen LogP contribution in [0.2, 0.25) is 0 Å². The minimum Gasteiger partial charge on any atom is -0.351 e. The maximum atomic E-state index is 9.43. The molecule has 0 aliphatic heterocycles. The summed E-state index contributed by atoms with van der Waals surface area (Å²) in [5, 5.41) is 9.43. The van der Waals surface area contributed by atoms with Crippen molar-refractivity contribution < 1.29 is 0 Å². The summed E-state index contributed by atoms with van der Waals surface area (Å²) in [6, 6.07) is 12.9. The van der Waals surface area contributed by atoms with Gasteiger partial charge < -0.3 is 4.57 Å². The van der Waals surface area contributed by atoms with Gasteiger partial charge in [0, 0.05) is 22.9 Å². The first-order chi connectivity index (χ1) is 10.8. The lowest BCUT2D eigenvalue weighted by atomic mass is 9.95. The Morgan fingerprint density at radius 2 is 1.86 bits per heavy atom. The Labute approximate surface area is 140 Å². The Morgan fingerprint density at radius 1 is 1.14 bits per heavy atom. The van der Waals surface area contributed by atoms with Crippen LogP contribution in [0.4, 0.5) is 0 Å². The van der Waals surface area contributed by atoms with E-state index in [0.717, 1.165) is 15.6 Å². The highest BCUT2D eigenvalue weighted by molar-refractivity contribution is 9.10. The standard InChI is InChI=1S/C19H19BrN2/c20-18-8-6-16(7-9-18)17(13-21)12-15-10-11-22(14-15)19-4-2-1-3-5-19/h6-12,14,19H,1-5H2/b17-12+. The van der Waals surface area contributed by atoms with Crippen LogP contribution in [0.15, 0.2) is 47.2 Å². The van der Waals surface area contributed by atoms with Crippen molar-refractivity contribution in [1.29, 1.82) is 5.26 Å². The van der Waals surface area contributed by atoms with Crippen LogP contribution < -0.4 is 0 Å². The van der Waals surface area contributed by atoms with Gasteiger partial charge in [-0.05, 0) is 48.2 Å². The number of halogens is 1. The van der Waals surface area contributed by atoms with Gasteiger partial charge in [-0.25, -0.2) is 0 Å². The number of hydrogen-bond donors (Lipinski definition) is 0. The fraction of sp³-hybridized carbons (Fsp3) is 0.316. The lowest BCUT2D eigenvalue weighted by Crippen LogP contribution is -2.10. The minimum atomic E-state index is 0.633. The summed E-state index contributed by atoms with van der Waals surface area (Å²) >= 11 is 3.42. The molecule has 1 aliphatic rings. The molecule has 0 spiro atoms. The van der Waals surface area contributed by atoms with Crippen molar-refractivity contribution in [3.8, 4) is 6.07 Å². The van der Waals surface area contributed by atoms with E-state index >= 15 is 0 Å². The third kappa shape index (κ3) is 3.51. The summed E-state index contributed by atoms with van der Waals surface area (Å²) in [4.78, 5) is 0. The summed E-state index contributed by atoms with van der Waals surface area (Å²) in [7, 11) is 0. The van der Waals surface area contributed by atoms with Crippen LogP contribution in [0.1, 0.15) is 49.3 Å². The molecule has 1 saturated carbocycles. The number of rotatable bonds is 3. The van der Waals surface area contributed by atoms with Gasteiger partial charge in [-0.1, -0.05) is 47.3 Å². The lowest BCUT2D eigenvalue weighted by Gasteiger charge is -2.23. The molecule has 0 radical (unpaired) electrons. The van der Waals surface area contributed by atoms with Gasteiger partial charge >= 0.3 is 0 Å². The molecule has 3 rings (SSSR count). The number of nitrogens with zero attached hydrogens (tertiary/aromatic N) is 2. The number of hydrogen-bond acceptors (Lipinski definition) is 1. The molecule has 2 aromatic rings. The molecule has 0 atom stereocenters. The van der Waals surface area contributed by atoms with Crippen molar-refractivity contribution in [3.05, 3.63) is 58.3 Å². The maximum Gasteiger partial charge on any atom is 0.0998 e. The Hall–Kier alpha value is -1.79. The van der Waals surface area contributed by atoms with Crippen LogP contribution in [0.5, 0.6) is 0 Å². The van der Waals surface area contributed by atoms with Crippen molar-refractivity contribution in [2.45, 2.75) is 38.1 Å². The third-order valence-corrected chi connectivity index (χ3v) is 4.85. The van der Waals surface area contributed by atoms with E-state index in [1.54, 1.807) is 0 Å². The van der Waals surface area contributed by atoms with Gasteiger partial charge in [0.1, 0.15) is 0 Å². The van der Waals surface area contributed by atoms with Gasteiger partial charge in [-0.3, -0.25) is 0 Å². The highest BCUT2D eigenvalue weighted by Crippen LogP contribution is 2.29. The Balaban J connectivity index is 1.82. The molecule has 0 unspecified atom stereocenters. The van der Waals surface area contributed by atoms with E-state index in [0.29, 0.717) is 11.6 Å². The zero-order chi connectivity index (χ0) is 15.4. The predicted octanol–water partition coefficient (Wildman–Crippen LogP) is 5.82. The second-order valence-electron chi connectivity index (χ2n) is 5.86.